The molecule has 0 fully saturated rings. The fourth-order valence-electron chi connectivity index (χ4n) is 2.03. The van der Waals surface area contributed by atoms with Crippen LogP contribution < -0.4 is 5.63 Å². The van der Waals surface area contributed by atoms with Gasteiger partial charge in [0.2, 0.25) is 0 Å². The molecule has 1 aromatic heterocycles. The van der Waals surface area contributed by atoms with Crippen LogP contribution >= 0.6 is 15.9 Å². The standard InChI is InChI=1S/C15H9BrO3/c16-12-13(17)11-8-4-7-10(14(11)19-15(12)18)9-5-2-1-3-6-9/h1-8,17H. The maximum Gasteiger partial charge on any atom is 0.354 e. The molecular weight excluding hydrogens is 308 g/mol. The Bertz CT molecular complexity index is 807. The predicted octanol–water partition coefficient (Wildman–Crippen LogP) is 3.93. The highest BCUT2D eigenvalue weighted by atomic mass is 79.9. The van der Waals surface area contributed by atoms with Crippen LogP contribution in [0.5, 0.6) is 5.75 Å². The zero-order valence-corrected chi connectivity index (χ0v) is 11.3. The molecule has 0 aliphatic carbocycles. The van der Waals surface area contributed by atoms with E-state index in [1.54, 1.807) is 6.07 Å². The molecule has 0 aliphatic rings. The smallest absolute Gasteiger partial charge is 0.354 e. The van der Waals surface area contributed by atoms with Gasteiger partial charge in [-0.3, -0.25) is 0 Å². The molecule has 0 amide bonds. The fourth-order valence-corrected chi connectivity index (χ4v) is 2.33. The predicted molar refractivity (Wildman–Crippen MR) is 77.3 cm³/mol. The van der Waals surface area contributed by atoms with Crippen LogP contribution in [0.25, 0.3) is 22.1 Å². The highest BCUT2D eigenvalue weighted by Crippen LogP contribution is 2.35. The molecule has 0 bridgehead atoms. The number of fused-ring (bicyclic) bond motifs is 1. The molecule has 3 rings (SSSR count). The second-order valence-corrected chi connectivity index (χ2v) is 4.89. The first kappa shape index (κ1) is 12.0. The molecule has 19 heavy (non-hydrogen) atoms. The Hall–Kier alpha value is -2.07. The summed E-state index contributed by atoms with van der Waals surface area (Å²) >= 11 is 3.02. The molecule has 0 atom stereocenters. The van der Waals surface area contributed by atoms with Gasteiger partial charge in [0.25, 0.3) is 0 Å². The third kappa shape index (κ3) is 1.94. The first-order valence-electron chi connectivity index (χ1n) is 5.68. The van der Waals surface area contributed by atoms with Gasteiger partial charge in [-0.2, -0.15) is 0 Å². The number of hydrogen-bond acceptors (Lipinski definition) is 3. The van der Waals surface area contributed by atoms with E-state index >= 15 is 0 Å². The molecule has 2 aromatic carbocycles. The van der Waals surface area contributed by atoms with E-state index in [0.29, 0.717) is 11.0 Å². The van der Waals surface area contributed by atoms with Gasteiger partial charge < -0.3 is 9.52 Å². The van der Waals surface area contributed by atoms with Gasteiger partial charge in [-0.05, 0) is 27.6 Å². The van der Waals surface area contributed by atoms with E-state index in [2.05, 4.69) is 15.9 Å². The number of rotatable bonds is 1. The first-order chi connectivity index (χ1) is 9.18. The number of benzene rings is 2. The number of halogens is 1. The highest BCUT2D eigenvalue weighted by Gasteiger charge is 2.14. The Kier molecular flexibility index (Phi) is 2.87. The van der Waals surface area contributed by atoms with Crippen molar-refractivity contribution < 1.29 is 9.52 Å². The Morgan fingerprint density at radius 1 is 1.00 bits per heavy atom. The molecule has 0 unspecified atom stereocenters. The minimum atomic E-state index is -0.589. The van der Waals surface area contributed by atoms with Crippen molar-refractivity contribution in [2.75, 3.05) is 0 Å². The third-order valence-electron chi connectivity index (χ3n) is 2.94. The molecule has 94 valence electrons. The van der Waals surface area contributed by atoms with Crippen molar-refractivity contribution in [3.63, 3.8) is 0 Å². The lowest BCUT2D eigenvalue weighted by atomic mass is 10.0. The lowest BCUT2D eigenvalue weighted by Gasteiger charge is -2.07. The molecule has 4 heteroatoms. The van der Waals surface area contributed by atoms with E-state index in [1.807, 2.05) is 42.5 Å². The van der Waals surface area contributed by atoms with E-state index in [9.17, 15) is 9.90 Å². The van der Waals surface area contributed by atoms with E-state index in [-0.39, 0.29) is 10.2 Å². The van der Waals surface area contributed by atoms with Crippen LogP contribution in [0.2, 0.25) is 0 Å². The summed E-state index contributed by atoms with van der Waals surface area (Å²) in [5, 5.41) is 10.5. The summed E-state index contributed by atoms with van der Waals surface area (Å²) in [6.07, 6.45) is 0. The van der Waals surface area contributed by atoms with Crippen molar-refractivity contribution in [3.05, 3.63) is 63.4 Å². The van der Waals surface area contributed by atoms with Gasteiger partial charge in [0.1, 0.15) is 15.8 Å². The summed E-state index contributed by atoms with van der Waals surface area (Å²) in [4.78, 5) is 11.7. The molecule has 1 N–H and O–H groups in total. The molecule has 0 aliphatic heterocycles. The first-order valence-corrected chi connectivity index (χ1v) is 6.47. The van der Waals surface area contributed by atoms with Crippen LogP contribution in [0.1, 0.15) is 0 Å². The number of para-hydroxylation sites is 1. The minimum absolute atomic E-state index is 0.0465. The summed E-state index contributed by atoms with van der Waals surface area (Å²) in [6, 6.07) is 15.0. The van der Waals surface area contributed by atoms with Crippen molar-refractivity contribution in [1.29, 1.82) is 0 Å². The Morgan fingerprint density at radius 3 is 2.47 bits per heavy atom. The molecule has 0 radical (unpaired) electrons. The summed E-state index contributed by atoms with van der Waals surface area (Å²) in [7, 11) is 0. The molecule has 0 saturated heterocycles. The lowest BCUT2D eigenvalue weighted by molar-refractivity contribution is 0.463. The minimum Gasteiger partial charge on any atom is -0.506 e. The second-order valence-electron chi connectivity index (χ2n) is 4.10. The van der Waals surface area contributed by atoms with Gasteiger partial charge in [0.15, 0.2) is 0 Å². The van der Waals surface area contributed by atoms with Gasteiger partial charge in [-0.25, -0.2) is 4.79 Å². The highest BCUT2D eigenvalue weighted by molar-refractivity contribution is 9.10. The normalized spacial score (nSPS) is 10.8. The largest absolute Gasteiger partial charge is 0.506 e. The number of aromatic hydroxyl groups is 1. The van der Waals surface area contributed by atoms with Gasteiger partial charge in [0.05, 0.1) is 5.39 Å². The third-order valence-corrected chi connectivity index (χ3v) is 3.64. The molecule has 0 spiro atoms. The monoisotopic (exact) mass is 316 g/mol. The van der Waals surface area contributed by atoms with Gasteiger partial charge in [0, 0.05) is 5.56 Å². The van der Waals surface area contributed by atoms with E-state index in [4.69, 9.17) is 4.42 Å². The Labute approximate surface area is 117 Å². The fraction of sp³-hybridized carbons (Fsp3) is 0. The summed E-state index contributed by atoms with van der Waals surface area (Å²) in [6.45, 7) is 0. The molecular formula is C15H9BrO3. The van der Waals surface area contributed by atoms with E-state index < -0.39 is 5.63 Å². The second kappa shape index (κ2) is 4.55. The Balaban J connectivity index is 2.43. The van der Waals surface area contributed by atoms with Crippen LogP contribution in [-0.2, 0) is 0 Å². The van der Waals surface area contributed by atoms with Crippen LogP contribution in [0.3, 0.4) is 0 Å². The SMILES string of the molecule is O=c1oc2c(-c3ccccc3)cccc2c(O)c1Br. The average molecular weight is 317 g/mol. The van der Waals surface area contributed by atoms with E-state index in [0.717, 1.165) is 11.1 Å². The van der Waals surface area contributed by atoms with Crippen LogP contribution in [-0.4, -0.2) is 5.11 Å². The van der Waals surface area contributed by atoms with Gasteiger partial charge in [-0.1, -0.05) is 42.5 Å². The van der Waals surface area contributed by atoms with Crippen molar-refractivity contribution in [1.82, 2.24) is 0 Å². The van der Waals surface area contributed by atoms with Gasteiger partial charge >= 0.3 is 5.63 Å². The maximum atomic E-state index is 11.7. The van der Waals surface area contributed by atoms with Crippen LogP contribution in [0, 0.1) is 0 Å². The average Bonchev–Trinajstić information content (AvgIpc) is 2.45. The maximum absolute atomic E-state index is 11.7. The molecule has 3 aromatic rings. The molecule has 1 heterocycles. The summed E-state index contributed by atoms with van der Waals surface area (Å²) in [5.74, 6) is -0.0935. The molecule has 3 nitrogen and oxygen atoms in total. The topological polar surface area (TPSA) is 50.4 Å². The number of hydrogen-bond donors (Lipinski definition) is 1. The molecule has 0 saturated carbocycles. The van der Waals surface area contributed by atoms with Crippen molar-refractivity contribution in [2.45, 2.75) is 0 Å². The lowest BCUT2D eigenvalue weighted by Crippen LogP contribution is -2.00. The van der Waals surface area contributed by atoms with Crippen LogP contribution in [0.4, 0.5) is 0 Å². The quantitative estimate of drug-likeness (QED) is 0.692. The zero-order valence-electron chi connectivity index (χ0n) is 9.76. The Morgan fingerprint density at radius 2 is 1.74 bits per heavy atom. The van der Waals surface area contributed by atoms with Crippen molar-refractivity contribution in [3.8, 4) is 16.9 Å². The zero-order chi connectivity index (χ0) is 13.4. The van der Waals surface area contributed by atoms with Crippen molar-refractivity contribution in [2.24, 2.45) is 0 Å². The van der Waals surface area contributed by atoms with E-state index in [1.165, 1.54) is 0 Å². The summed E-state index contributed by atoms with van der Waals surface area (Å²) in [5.41, 5.74) is 1.50. The van der Waals surface area contributed by atoms with Crippen LogP contribution in [0.15, 0.2) is 62.2 Å². The van der Waals surface area contributed by atoms with Crippen molar-refractivity contribution >= 4 is 26.9 Å². The summed E-state index contributed by atoms with van der Waals surface area (Å²) < 4.78 is 5.34. The van der Waals surface area contributed by atoms with Gasteiger partial charge in [-0.15, -0.1) is 0 Å².